The lowest BCUT2D eigenvalue weighted by Crippen LogP contribution is -2.27. The molecule has 0 N–H and O–H groups in total. The van der Waals surface area contributed by atoms with Crippen LogP contribution in [0.25, 0.3) is 11.4 Å². The number of rotatable bonds is 5. The molecule has 1 aliphatic heterocycles. The van der Waals surface area contributed by atoms with Crippen molar-refractivity contribution in [3.8, 4) is 11.4 Å². The van der Waals surface area contributed by atoms with E-state index in [2.05, 4.69) is 33.9 Å². The normalized spacial score (nSPS) is 16.5. The lowest BCUT2D eigenvalue weighted by molar-refractivity contribution is 0.320. The maximum atomic E-state index is 5.00. The standard InChI is InChI=1S/C22H30N8/c1-27(2)20-9-8-17(13-24-20)21-25-22(18-14-28(3)11-12-29(4)15-18)30(26-21)16-19-7-5-6-10-23-19/h5-10,13,18H,11-12,14-16H2,1-4H3. The van der Waals surface area contributed by atoms with E-state index in [0.29, 0.717) is 12.4 Å². The van der Waals surface area contributed by atoms with Crippen molar-refractivity contribution in [2.75, 3.05) is 59.3 Å². The number of aromatic nitrogens is 5. The van der Waals surface area contributed by atoms with Crippen LogP contribution in [-0.4, -0.2) is 88.9 Å². The number of anilines is 1. The van der Waals surface area contributed by atoms with Crippen molar-refractivity contribution in [3.63, 3.8) is 0 Å². The zero-order valence-electron chi connectivity index (χ0n) is 18.2. The van der Waals surface area contributed by atoms with Crippen LogP contribution in [-0.2, 0) is 6.54 Å². The largest absolute Gasteiger partial charge is 0.363 e. The molecule has 0 bridgehead atoms. The Labute approximate surface area is 178 Å². The SMILES string of the molecule is CN1CCN(C)CC(c2nc(-c3ccc(N(C)C)nc3)nn2Cc2ccccn2)C1. The molecule has 4 rings (SSSR count). The maximum Gasteiger partial charge on any atom is 0.182 e. The summed E-state index contributed by atoms with van der Waals surface area (Å²) in [4.78, 5) is 20.8. The Hall–Kier alpha value is -2.84. The van der Waals surface area contributed by atoms with E-state index in [4.69, 9.17) is 10.1 Å². The zero-order chi connectivity index (χ0) is 21.1. The molecule has 4 heterocycles. The quantitative estimate of drug-likeness (QED) is 0.640. The lowest BCUT2D eigenvalue weighted by Gasteiger charge is -2.20. The summed E-state index contributed by atoms with van der Waals surface area (Å²) < 4.78 is 2.02. The smallest absolute Gasteiger partial charge is 0.182 e. The van der Waals surface area contributed by atoms with E-state index < -0.39 is 0 Å². The summed E-state index contributed by atoms with van der Waals surface area (Å²) in [5.41, 5.74) is 1.91. The highest BCUT2D eigenvalue weighted by Crippen LogP contribution is 2.24. The van der Waals surface area contributed by atoms with Crippen LogP contribution in [0.3, 0.4) is 0 Å². The second-order valence-corrected chi connectivity index (χ2v) is 8.29. The molecule has 1 fully saturated rings. The van der Waals surface area contributed by atoms with Gasteiger partial charge in [0, 0.05) is 64.1 Å². The molecule has 0 unspecified atom stereocenters. The Balaban J connectivity index is 1.71. The van der Waals surface area contributed by atoms with Gasteiger partial charge in [0.15, 0.2) is 5.82 Å². The molecule has 0 radical (unpaired) electrons. The minimum Gasteiger partial charge on any atom is -0.363 e. The van der Waals surface area contributed by atoms with Gasteiger partial charge in [0.2, 0.25) is 0 Å². The highest BCUT2D eigenvalue weighted by Gasteiger charge is 2.26. The maximum absolute atomic E-state index is 5.00. The molecular formula is C22H30N8. The summed E-state index contributed by atoms with van der Waals surface area (Å²) in [6.07, 6.45) is 3.68. The molecule has 158 valence electrons. The number of hydrogen-bond acceptors (Lipinski definition) is 7. The van der Waals surface area contributed by atoms with Crippen molar-refractivity contribution < 1.29 is 0 Å². The van der Waals surface area contributed by atoms with Gasteiger partial charge in [-0.25, -0.2) is 14.6 Å². The van der Waals surface area contributed by atoms with Crippen LogP contribution in [0.4, 0.5) is 5.82 Å². The second kappa shape index (κ2) is 8.89. The van der Waals surface area contributed by atoms with E-state index in [1.54, 1.807) is 0 Å². The minimum absolute atomic E-state index is 0.279. The highest BCUT2D eigenvalue weighted by atomic mass is 15.4. The fraction of sp³-hybridized carbons (Fsp3) is 0.455. The van der Waals surface area contributed by atoms with Gasteiger partial charge in [-0.2, -0.15) is 5.10 Å². The Bertz CT molecular complexity index is 939. The molecule has 1 saturated heterocycles. The van der Waals surface area contributed by atoms with Gasteiger partial charge in [-0.3, -0.25) is 4.98 Å². The fourth-order valence-electron chi connectivity index (χ4n) is 3.82. The van der Waals surface area contributed by atoms with Crippen LogP contribution >= 0.6 is 0 Å². The van der Waals surface area contributed by atoms with Crippen molar-refractivity contribution >= 4 is 5.82 Å². The van der Waals surface area contributed by atoms with Gasteiger partial charge in [-0.1, -0.05) is 6.07 Å². The Kier molecular flexibility index (Phi) is 6.06. The number of pyridine rings is 2. The van der Waals surface area contributed by atoms with Crippen molar-refractivity contribution in [2.45, 2.75) is 12.5 Å². The monoisotopic (exact) mass is 406 g/mol. The van der Waals surface area contributed by atoms with Crippen molar-refractivity contribution in [1.29, 1.82) is 0 Å². The molecular weight excluding hydrogens is 376 g/mol. The summed E-state index contributed by atoms with van der Waals surface area (Å²) >= 11 is 0. The average molecular weight is 407 g/mol. The van der Waals surface area contributed by atoms with E-state index in [0.717, 1.165) is 49.1 Å². The van der Waals surface area contributed by atoms with Crippen LogP contribution in [0.5, 0.6) is 0 Å². The van der Waals surface area contributed by atoms with E-state index in [1.807, 2.05) is 66.4 Å². The first-order valence-corrected chi connectivity index (χ1v) is 10.3. The molecule has 0 atom stereocenters. The van der Waals surface area contributed by atoms with E-state index in [1.165, 1.54) is 0 Å². The molecule has 0 saturated carbocycles. The molecule has 30 heavy (non-hydrogen) atoms. The van der Waals surface area contributed by atoms with Crippen LogP contribution in [0, 0.1) is 0 Å². The van der Waals surface area contributed by atoms with Crippen LogP contribution in [0.1, 0.15) is 17.4 Å². The molecule has 0 aromatic carbocycles. The third-order valence-electron chi connectivity index (χ3n) is 5.50. The predicted molar refractivity (Wildman–Crippen MR) is 119 cm³/mol. The van der Waals surface area contributed by atoms with Crippen molar-refractivity contribution in [2.24, 2.45) is 0 Å². The van der Waals surface area contributed by atoms with E-state index >= 15 is 0 Å². The molecule has 0 amide bonds. The van der Waals surface area contributed by atoms with E-state index in [9.17, 15) is 0 Å². The summed E-state index contributed by atoms with van der Waals surface area (Å²) in [5.74, 6) is 2.92. The van der Waals surface area contributed by atoms with Crippen LogP contribution in [0.15, 0.2) is 42.7 Å². The van der Waals surface area contributed by atoms with Crippen molar-refractivity contribution in [1.82, 2.24) is 34.5 Å². The molecule has 1 aliphatic rings. The number of nitrogens with zero attached hydrogens (tertiary/aromatic N) is 8. The Morgan fingerprint density at radius 3 is 2.37 bits per heavy atom. The van der Waals surface area contributed by atoms with Gasteiger partial charge >= 0.3 is 0 Å². The van der Waals surface area contributed by atoms with Crippen molar-refractivity contribution in [3.05, 3.63) is 54.2 Å². The van der Waals surface area contributed by atoms with Gasteiger partial charge < -0.3 is 14.7 Å². The van der Waals surface area contributed by atoms with Gasteiger partial charge in [0.25, 0.3) is 0 Å². The predicted octanol–water partition coefficient (Wildman–Crippen LogP) is 1.81. The number of hydrogen-bond donors (Lipinski definition) is 0. The highest BCUT2D eigenvalue weighted by molar-refractivity contribution is 5.56. The third-order valence-corrected chi connectivity index (χ3v) is 5.50. The Morgan fingerprint density at radius 2 is 1.77 bits per heavy atom. The lowest BCUT2D eigenvalue weighted by atomic mass is 10.1. The summed E-state index contributed by atoms with van der Waals surface area (Å²) in [5, 5.41) is 4.88. The van der Waals surface area contributed by atoms with Crippen LogP contribution < -0.4 is 4.90 Å². The average Bonchev–Trinajstić information content (AvgIpc) is 3.08. The molecule has 8 nitrogen and oxygen atoms in total. The van der Waals surface area contributed by atoms with Gasteiger partial charge in [0.05, 0.1) is 12.2 Å². The molecule has 8 heteroatoms. The van der Waals surface area contributed by atoms with Gasteiger partial charge in [-0.15, -0.1) is 0 Å². The van der Waals surface area contributed by atoms with Gasteiger partial charge in [0.1, 0.15) is 11.6 Å². The first kappa shape index (κ1) is 20.4. The topological polar surface area (TPSA) is 66.2 Å². The summed E-state index contributed by atoms with van der Waals surface area (Å²) in [6, 6.07) is 10.0. The van der Waals surface area contributed by atoms with Crippen LogP contribution in [0.2, 0.25) is 0 Å². The molecule has 3 aromatic rings. The minimum atomic E-state index is 0.279. The fourth-order valence-corrected chi connectivity index (χ4v) is 3.82. The Morgan fingerprint density at radius 1 is 1.00 bits per heavy atom. The number of likely N-dealkylation sites (N-methyl/N-ethyl adjacent to an activating group) is 2. The molecule has 0 aliphatic carbocycles. The molecule has 0 spiro atoms. The first-order chi connectivity index (χ1) is 14.5. The second-order valence-electron chi connectivity index (χ2n) is 8.29. The molecule has 3 aromatic heterocycles. The van der Waals surface area contributed by atoms with Gasteiger partial charge in [-0.05, 0) is 38.4 Å². The van der Waals surface area contributed by atoms with E-state index in [-0.39, 0.29) is 5.92 Å². The summed E-state index contributed by atoms with van der Waals surface area (Å²) in [6.45, 7) is 4.65. The summed E-state index contributed by atoms with van der Waals surface area (Å²) in [7, 11) is 8.32. The zero-order valence-corrected chi connectivity index (χ0v) is 18.2. The third kappa shape index (κ3) is 4.66. The first-order valence-electron chi connectivity index (χ1n) is 10.3.